The number of hydrogen-bond acceptors (Lipinski definition) is 3. The minimum absolute atomic E-state index is 0.217. The summed E-state index contributed by atoms with van der Waals surface area (Å²) < 4.78 is 4.62. The predicted molar refractivity (Wildman–Crippen MR) is 71.8 cm³/mol. The molecule has 1 aromatic heterocycles. The molecule has 18 heavy (non-hydrogen) atoms. The van der Waals surface area contributed by atoms with Crippen LogP contribution in [0.2, 0.25) is 5.02 Å². The van der Waals surface area contributed by atoms with Gasteiger partial charge in [0.05, 0.1) is 19.0 Å². The number of aryl methyl sites for hydroxylation is 2. The van der Waals surface area contributed by atoms with Crippen LogP contribution in [0.1, 0.15) is 17.7 Å². The summed E-state index contributed by atoms with van der Waals surface area (Å²) in [6, 6.07) is 7.61. The van der Waals surface area contributed by atoms with Gasteiger partial charge in [0, 0.05) is 22.5 Å². The molecule has 0 aliphatic carbocycles. The van der Waals surface area contributed by atoms with Gasteiger partial charge in [0.1, 0.15) is 0 Å². The first-order valence-corrected chi connectivity index (χ1v) is 6.10. The molecular formula is C14H14ClNO2. The molecule has 0 aliphatic rings. The standard InChI is InChI=1S/C14H14ClNO2/c1-9-7-11(4-6-14(17)18-2)16-13-5-3-10(15)8-12(9)13/h3,5,7-8H,4,6H2,1-2H3. The Bertz CT molecular complexity index is 596. The van der Waals surface area contributed by atoms with Crippen molar-refractivity contribution in [1.82, 2.24) is 4.98 Å². The largest absolute Gasteiger partial charge is 0.469 e. The second-order valence-corrected chi connectivity index (χ2v) is 4.60. The summed E-state index contributed by atoms with van der Waals surface area (Å²) in [5, 5.41) is 1.75. The monoisotopic (exact) mass is 263 g/mol. The molecule has 0 fully saturated rings. The highest BCUT2D eigenvalue weighted by molar-refractivity contribution is 6.31. The SMILES string of the molecule is COC(=O)CCc1cc(C)c2cc(Cl)ccc2n1. The number of benzene rings is 1. The van der Waals surface area contributed by atoms with Gasteiger partial charge < -0.3 is 4.74 Å². The van der Waals surface area contributed by atoms with Gasteiger partial charge in [0.25, 0.3) is 0 Å². The van der Waals surface area contributed by atoms with Crippen molar-refractivity contribution in [3.8, 4) is 0 Å². The topological polar surface area (TPSA) is 39.2 Å². The minimum atomic E-state index is -0.217. The third-order valence-electron chi connectivity index (χ3n) is 2.84. The molecule has 4 heteroatoms. The van der Waals surface area contributed by atoms with Crippen molar-refractivity contribution < 1.29 is 9.53 Å². The molecule has 1 heterocycles. The molecule has 0 spiro atoms. The van der Waals surface area contributed by atoms with Gasteiger partial charge in [-0.25, -0.2) is 0 Å². The number of ether oxygens (including phenoxy) is 1. The van der Waals surface area contributed by atoms with E-state index in [9.17, 15) is 4.79 Å². The Balaban J connectivity index is 2.31. The maximum atomic E-state index is 11.1. The molecule has 3 nitrogen and oxygen atoms in total. The van der Waals surface area contributed by atoms with E-state index < -0.39 is 0 Å². The summed E-state index contributed by atoms with van der Waals surface area (Å²) in [6.45, 7) is 2.02. The molecule has 0 unspecified atom stereocenters. The number of carbonyl (C=O) groups is 1. The Morgan fingerprint density at radius 1 is 1.39 bits per heavy atom. The van der Waals surface area contributed by atoms with Crippen molar-refractivity contribution in [3.63, 3.8) is 0 Å². The second kappa shape index (κ2) is 5.36. The maximum absolute atomic E-state index is 11.1. The lowest BCUT2D eigenvalue weighted by Crippen LogP contribution is -2.03. The lowest BCUT2D eigenvalue weighted by Gasteiger charge is -2.06. The molecule has 0 bridgehead atoms. The molecule has 0 saturated heterocycles. The minimum Gasteiger partial charge on any atom is -0.469 e. The molecule has 0 N–H and O–H groups in total. The zero-order valence-electron chi connectivity index (χ0n) is 10.4. The predicted octanol–water partition coefficient (Wildman–Crippen LogP) is 3.30. The highest BCUT2D eigenvalue weighted by Gasteiger charge is 2.06. The average molecular weight is 264 g/mol. The van der Waals surface area contributed by atoms with Gasteiger partial charge in [-0.1, -0.05) is 11.6 Å². The Kier molecular flexibility index (Phi) is 3.82. The Morgan fingerprint density at radius 2 is 2.17 bits per heavy atom. The lowest BCUT2D eigenvalue weighted by atomic mass is 10.1. The van der Waals surface area contributed by atoms with E-state index in [1.807, 2.05) is 31.2 Å². The number of rotatable bonds is 3. The van der Waals surface area contributed by atoms with Crippen LogP contribution in [0.5, 0.6) is 0 Å². The number of pyridine rings is 1. The molecule has 0 aliphatic heterocycles. The van der Waals surface area contributed by atoms with Crippen molar-refractivity contribution in [2.45, 2.75) is 19.8 Å². The molecule has 1 aromatic carbocycles. The van der Waals surface area contributed by atoms with Crippen LogP contribution in [-0.4, -0.2) is 18.1 Å². The van der Waals surface area contributed by atoms with Crippen LogP contribution in [0.3, 0.4) is 0 Å². The molecular weight excluding hydrogens is 250 g/mol. The number of methoxy groups -OCH3 is 1. The van der Waals surface area contributed by atoms with Crippen LogP contribution in [-0.2, 0) is 16.0 Å². The molecule has 0 saturated carbocycles. The molecule has 2 aromatic rings. The van der Waals surface area contributed by atoms with Gasteiger partial charge in [0.15, 0.2) is 0 Å². The highest BCUT2D eigenvalue weighted by atomic mass is 35.5. The van der Waals surface area contributed by atoms with E-state index in [4.69, 9.17) is 11.6 Å². The third kappa shape index (κ3) is 2.79. The van der Waals surface area contributed by atoms with Gasteiger partial charge in [-0.2, -0.15) is 0 Å². The van der Waals surface area contributed by atoms with E-state index in [0.29, 0.717) is 17.9 Å². The normalized spacial score (nSPS) is 10.6. The van der Waals surface area contributed by atoms with Crippen LogP contribution in [0, 0.1) is 6.92 Å². The van der Waals surface area contributed by atoms with Gasteiger partial charge in [-0.05, 0) is 36.8 Å². The van der Waals surface area contributed by atoms with Gasteiger partial charge >= 0.3 is 5.97 Å². The first-order chi connectivity index (χ1) is 8.60. The summed E-state index contributed by atoms with van der Waals surface area (Å²) in [6.07, 6.45) is 0.939. The van der Waals surface area contributed by atoms with Crippen molar-refractivity contribution in [2.75, 3.05) is 7.11 Å². The van der Waals surface area contributed by atoms with E-state index in [0.717, 1.165) is 22.2 Å². The Hall–Kier alpha value is -1.61. The number of carbonyl (C=O) groups excluding carboxylic acids is 1. The average Bonchev–Trinajstić information content (AvgIpc) is 2.37. The van der Waals surface area contributed by atoms with Crippen molar-refractivity contribution in [3.05, 3.63) is 40.5 Å². The van der Waals surface area contributed by atoms with Crippen LogP contribution < -0.4 is 0 Å². The van der Waals surface area contributed by atoms with Crippen molar-refractivity contribution >= 4 is 28.5 Å². The highest BCUT2D eigenvalue weighted by Crippen LogP contribution is 2.22. The van der Waals surface area contributed by atoms with E-state index in [2.05, 4.69) is 9.72 Å². The summed E-state index contributed by atoms with van der Waals surface area (Å²) in [5.74, 6) is -0.217. The quantitative estimate of drug-likeness (QED) is 0.798. The number of aromatic nitrogens is 1. The van der Waals surface area contributed by atoms with E-state index in [1.54, 1.807) is 0 Å². The van der Waals surface area contributed by atoms with E-state index in [1.165, 1.54) is 7.11 Å². The number of nitrogens with zero attached hydrogens (tertiary/aromatic N) is 1. The Labute approximate surface area is 111 Å². The zero-order valence-corrected chi connectivity index (χ0v) is 11.1. The molecule has 0 atom stereocenters. The number of esters is 1. The third-order valence-corrected chi connectivity index (χ3v) is 3.08. The van der Waals surface area contributed by atoms with Gasteiger partial charge in [0.2, 0.25) is 0 Å². The van der Waals surface area contributed by atoms with Crippen LogP contribution in [0.15, 0.2) is 24.3 Å². The first-order valence-electron chi connectivity index (χ1n) is 5.73. The fourth-order valence-electron chi connectivity index (χ4n) is 1.90. The van der Waals surface area contributed by atoms with E-state index >= 15 is 0 Å². The number of halogens is 1. The summed E-state index contributed by atoms with van der Waals surface area (Å²) in [5.41, 5.74) is 2.91. The molecule has 2 rings (SSSR count). The molecule has 0 radical (unpaired) electrons. The van der Waals surface area contributed by atoms with Crippen LogP contribution in [0.25, 0.3) is 10.9 Å². The van der Waals surface area contributed by atoms with Gasteiger partial charge in [-0.3, -0.25) is 9.78 Å². The smallest absolute Gasteiger partial charge is 0.305 e. The summed E-state index contributed by atoms with van der Waals surface area (Å²) in [4.78, 5) is 15.6. The van der Waals surface area contributed by atoms with Gasteiger partial charge in [-0.15, -0.1) is 0 Å². The first kappa shape index (κ1) is 12.8. The summed E-state index contributed by atoms with van der Waals surface area (Å²) in [7, 11) is 1.39. The maximum Gasteiger partial charge on any atom is 0.305 e. The van der Waals surface area contributed by atoms with Crippen molar-refractivity contribution in [2.24, 2.45) is 0 Å². The molecule has 0 amide bonds. The fourth-order valence-corrected chi connectivity index (χ4v) is 2.07. The van der Waals surface area contributed by atoms with Crippen LogP contribution in [0.4, 0.5) is 0 Å². The fraction of sp³-hybridized carbons (Fsp3) is 0.286. The number of hydrogen-bond donors (Lipinski definition) is 0. The lowest BCUT2D eigenvalue weighted by molar-refractivity contribution is -0.140. The van der Waals surface area contributed by atoms with Crippen LogP contribution >= 0.6 is 11.6 Å². The summed E-state index contributed by atoms with van der Waals surface area (Å²) >= 11 is 5.96. The molecule has 94 valence electrons. The number of fused-ring (bicyclic) bond motifs is 1. The van der Waals surface area contributed by atoms with Crippen molar-refractivity contribution in [1.29, 1.82) is 0 Å². The zero-order chi connectivity index (χ0) is 13.1. The second-order valence-electron chi connectivity index (χ2n) is 4.17. The Morgan fingerprint density at radius 3 is 2.89 bits per heavy atom. The van der Waals surface area contributed by atoms with E-state index in [-0.39, 0.29) is 5.97 Å².